The van der Waals surface area contributed by atoms with Crippen molar-refractivity contribution in [3.8, 4) is 22.3 Å². The number of aryl methyl sites for hydroxylation is 5. The smallest absolute Gasteiger partial charge is 0.252 e. The Bertz CT molecular complexity index is 3790. The highest BCUT2D eigenvalue weighted by molar-refractivity contribution is 7.00. The van der Waals surface area contributed by atoms with Crippen molar-refractivity contribution >= 4 is 101 Å². The lowest BCUT2D eigenvalue weighted by Crippen LogP contribution is -2.61. The molecule has 11 aromatic rings. The minimum atomic E-state index is -0.0493. The third-order valence-corrected chi connectivity index (χ3v) is 15.8. The van der Waals surface area contributed by atoms with E-state index in [1.165, 1.54) is 100 Å². The molecule has 0 saturated heterocycles. The third kappa shape index (κ3) is 6.73. The molecule has 13 rings (SSSR count). The molecule has 0 fully saturated rings. The predicted octanol–water partition coefficient (Wildman–Crippen LogP) is 17.0. The van der Waals surface area contributed by atoms with Crippen LogP contribution in [0.5, 0.6) is 0 Å². The molecular weight excluding hydrogens is 876 g/mol. The number of fused-ring (bicyclic) bond motifs is 10. The van der Waals surface area contributed by atoms with Gasteiger partial charge in [0.1, 0.15) is 22.3 Å². The van der Waals surface area contributed by atoms with E-state index in [2.05, 4.69) is 232 Å². The van der Waals surface area contributed by atoms with Crippen molar-refractivity contribution in [1.82, 2.24) is 0 Å². The number of benzene rings is 9. The Morgan fingerprint density at radius 3 is 1.17 bits per heavy atom. The molecule has 4 heterocycles. The molecular formula is C67H59BN2O2. The summed E-state index contributed by atoms with van der Waals surface area (Å²) in [6, 6.07) is 59.2. The van der Waals surface area contributed by atoms with Crippen molar-refractivity contribution in [2.24, 2.45) is 0 Å². The average Bonchev–Trinajstić information content (AvgIpc) is 3.90. The molecule has 0 spiro atoms. The van der Waals surface area contributed by atoms with E-state index in [0.717, 1.165) is 55.3 Å². The first-order valence-electron chi connectivity index (χ1n) is 25.6. The zero-order valence-corrected chi connectivity index (χ0v) is 43.3. The van der Waals surface area contributed by atoms with Crippen molar-refractivity contribution < 1.29 is 8.83 Å². The molecule has 0 N–H and O–H groups in total. The largest absolute Gasteiger partial charge is 0.456 e. The number of hydrogen-bond donors (Lipinski definition) is 0. The van der Waals surface area contributed by atoms with Crippen molar-refractivity contribution in [1.29, 1.82) is 0 Å². The first kappa shape index (κ1) is 44.2. The van der Waals surface area contributed by atoms with Crippen LogP contribution in [-0.2, 0) is 10.8 Å². The fourth-order valence-electron chi connectivity index (χ4n) is 12.4. The number of hydrogen-bond acceptors (Lipinski definition) is 4. The first-order chi connectivity index (χ1) is 34.5. The lowest BCUT2D eigenvalue weighted by Gasteiger charge is -2.45. The third-order valence-electron chi connectivity index (χ3n) is 15.8. The molecule has 2 aliphatic rings. The Hall–Kier alpha value is -7.76. The summed E-state index contributed by atoms with van der Waals surface area (Å²) in [5.74, 6) is 0. The molecule has 0 radical (unpaired) electrons. The summed E-state index contributed by atoms with van der Waals surface area (Å²) in [6.45, 7) is 25.3. The highest BCUT2D eigenvalue weighted by Crippen LogP contribution is 2.48. The molecule has 72 heavy (non-hydrogen) atoms. The van der Waals surface area contributed by atoms with Gasteiger partial charge in [0.25, 0.3) is 6.71 Å². The van der Waals surface area contributed by atoms with Crippen LogP contribution in [0.2, 0.25) is 0 Å². The van der Waals surface area contributed by atoms with Gasteiger partial charge in [-0.1, -0.05) is 114 Å². The fraction of sp³-hybridized carbons (Fsp3) is 0.194. The second kappa shape index (κ2) is 15.6. The van der Waals surface area contributed by atoms with Gasteiger partial charge in [-0.3, -0.25) is 0 Å². The summed E-state index contributed by atoms with van der Waals surface area (Å²) in [5, 5.41) is 4.59. The maximum absolute atomic E-state index is 6.41. The van der Waals surface area contributed by atoms with Crippen molar-refractivity contribution in [3.05, 3.63) is 197 Å². The Morgan fingerprint density at radius 2 is 0.764 bits per heavy atom. The van der Waals surface area contributed by atoms with Crippen LogP contribution in [0.3, 0.4) is 0 Å². The Balaban J connectivity index is 1.01. The van der Waals surface area contributed by atoms with Crippen LogP contribution in [0.1, 0.15) is 80.5 Å². The molecule has 5 heteroatoms. The van der Waals surface area contributed by atoms with Crippen molar-refractivity contribution in [2.75, 3.05) is 9.80 Å². The average molecular weight is 935 g/mol. The van der Waals surface area contributed by atoms with Gasteiger partial charge in [0.2, 0.25) is 0 Å². The normalized spacial score (nSPS) is 13.4. The van der Waals surface area contributed by atoms with Crippen LogP contribution in [0.25, 0.3) is 66.1 Å². The maximum atomic E-state index is 6.41. The second-order valence-electron chi connectivity index (χ2n) is 22.9. The van der Waals surface area contributed by atoms with Gasteiger partial charge in [-0.05, 0) is 208 Å². The van der Waals surface area contributed by atoms with Crippen LogP contribution < -0.4 is 26.2 Å². The highest BCUT2D eigenvalue weighted by atomic mass is 16.3. The standard InChI is InChI=1S/C67H59BN2O2/c1-38-28-57-65-58(29-38)70(48-32-41(4)64(42(5)33-48)44-21-25-52-50-17-13-15-19-60(50)72-62(52)35-44)56-37-46(67(9,10)11)23-27-54(56)68(65)53-26-22-45(66(6,7)8)36-55(53)69(57)47-30-39(2)63(40(3)31-47)43-20-24-51-49-16-12-14-18-59(49)71-61(51)34-43/h12-37H,1-11H3. The number of para-hydroxylation sites is 2. The minimum absolute atomic E-state index is 0.0187. The van der Waals surface area contributed by atoms with E-state index in [1.54, 1.807) is 0 Å². The van der Waals surface area contributed by atoms with Crippen LogP contribution in [-0.4, -0.2) is 6.71 Å². The van der Waals surface area contributed by atoms with Gasteiger partial charge >= 0.3 is 0 Å². The Labute approximate surface area is 423 Å². The molecule has 4 nitrogen and oxygen atoms in total. The fourth-order valence-corrected chi connectivity index (χ4v) is 12.4. The van der Waals surface area contributed by atoms with Gasteiger partial charge in [-0.25, -0.2) is 0 Å². The molecule has 2 aliphatic heterocycles. The molecule has 352 valence electrons. The molecule has 0 unspecified atom stereocenters. The summed E-state index contributed by atoms with van der Waals surface area (Å²) < 4.78 is 12.8. The van der Waals surface area contributed by atoms with E-state index in [-0.39, 0.29) is 17.5 Å². The molecule has 0 bridgehead atoms. The van der Waals surface area contributed by atoms with E-state index >= 15 is 0 Å². The van der Waals surface area contributed by atoms with E-state index in [1.807, 2.05) is 12.1 Å². The summed E-state index contributed by atoms with van der Waals surface area (Å²) >= 11 is 0. The summed E-state index contributed by atoms with van der Waals surface area (Å²) in [4.78, 5) is 5.17. The van der Waals surface area contributed by atoms with E-state index in [0.29, 0.717) is 0 Å². The van der Waals surface area contributed by atoms with E-state index in [4.69, 9.17) is 8.83 Å². The lowest BCUT2D eigenvalue weighted by atomic mass is 9.33. The first-order valence-corrected chi connectivity index (χ1v) is 25.6. The summed E-state index contributed by atoms with van der Waals surface area (Å²) in [6.07, 6.45) is 0. The quantitative estimate of drug-likeness (QED) is 0.165. The monoisotopic (exact) mass is 934 g/mol. The molecule has 0 saturated carbocycles. The van der Waals surface area contributed by atoms with Gasteiger partial charge in [0.05, 0.1) is 0 Å². The Kier molecular flexibility index (Phi) is 9.59. The van der Waals surface area contributed by atoms with Gasteiger partial charge in [0, 0.05) is 55.7 Å². The van der Waals surface area contributed by atoms with Crippen molar-refractivity contribution in [3.63, 3.8) is 0 Å². The van der Waals surface area contributed by atoms with Crippen LogP contribution in [0, 0.1) is 34.6 Å². The molecule has 2 aromatic heterocycles. The van der Waals surface area contributed by atoms with Gasteiger partial charge < -0.3 is 18.6 Å². The SMILES string of the molecule is Cc1cc2c3c(c1)N(c1cc(C)c(-c4ccc5c(c4)oc4ccccc45)c(C)c1)c1cc(C(C)(C)C)ccc1B3c1ccc(C(C)(C)C)cc1N2c1cc(C)c(-c2ccc3c(c2)oc2ccccc23)c(C)c1. The number of anilines is 6. The van der Waals surface area contributed by atoms with Gasteiger partial charge in [0.15, 0.2) is 0 Å². The number of rotatable bonds is 4. The summed E-state index contributed by atoms with van der Waals surface area (Å²) in [5.41, 5.74) is 28.4. The maximum Gasteiger partial charge on any atom is 0.252 e. The van der Waals surface area contributed by atoms with Crippen LogP contribution in [0.15, 0.2) is 167 Å². The van der Waals surface area contributed by atoms with Crippen LogP contribution in [0.4, 0.5) is 34.1 Å². The van der Waals surface area contributed by atoms with E-state index in [9.17, 15) is 0 Å². The van der Waals surface area contributed by atoms with E-state index < -0.39 is 0 Å². The minimum Gasteiger partial charge on any atom is -0.456 e. The predicted molar refractivity (Wildman–Crippen MR) is 307 cm³/mol. The zero-order valence-electron chi connectivity index (χ0n) is 43.3. The molecule has 9 aromatic carbocycles. The summed E-state index contributed by atoms with van der Waals surface area (Å²) in [7, 11) is 0. The molecule has 0 aliphatic carbocycles. The van der Waals surface area contributed by atoms with Crippen molar-refractivity contribution in [2.45, 2.75) is 87.0 Å². The lowest BCUT2D eigenvalue weighted by molar-refractivity contribution is 0.590. The topological polar surface area (TPSA) is 32.8 Å². The van der Waals surface area contributed by atoms with Crippen LogP contribution >= 0.6 is 0 Å². The van der Waals surface area contributed by atoms with Gasteiger partial charge in [-0.2, -0.15) is 0 Å². The van der Waals surface area contributed by atoms with Gasteiger partial charge in [-0.15, -0.1) is 0 Å². The second-order valence-corrected chi connectivity index (χ2v) is 22.9. The number of nitrogens with zero attached hydrogens (tertiary/aromatic N) is 2. The highest BCUT2D eigenvalue weighted by Gasteiger charge is 2.44. The Morgan fingerprint density at radius 1 is 0.375 bits per heavy atom. The zero-order chi connectivity index (χ0) is 49.7. The molecule has 0 amide bonds. The molecule has 0 atom stereocenters. The number of furan rings is 2.